The van der Waals surface area contributed by atoms with Crippen LogP contribution in [-0.4, -0.2) is 33.3 Å². The molecular weight excluding hydrogens is 194 g/mol. The standard InChI is InChI=1S/C10H17N3O2/c1-8(2)12-5-9(14)6-13-7-11-4-3-10(13)15/h3-4,7-9,12,14H,5-6H2,1-2H3. The van der Waals surface area contributed by atoms with Crippen molar-refractivity contribution in [2.24, 2.45) is 0 Å². The summed E-state index contributed by atoms with van der Waals surface area (Å²) in [5, 5.41) is 12.7. The van der Waals surface area contributed by atoms with Gasteiger partial charge in [-0.15, -0.1) is 0 Å². The highest BCUT2D eigenvalue weighted by Crippen LogP contribution is 1.88. The third kappa shape index (κ3) is 4.22. The van der Waals surface area contributed by atoms with E-state index in [-0.39, 0.29) is 12.1 Å². The Bertz CT molecular complexity index is 349. The van der Waals surface area contributed by atoms with Crippen molar-refractivity contribution in [2.45, 2.75) is 32.5 Å². The molecule has 1 atom stereocenters. The first kappa shape index (κ1) is 11.9. The lowest BCUT2D eigenvalue weighted by Crippen LogP contribution is -2.36. The topological polar surface area (TPSA) is 67.2 Å². The first-order valence-corrected chi connectivity index (χ1v) is 5.01. The van der Waals surface area contributed by atoms with Gasteiger partial charge in [-0.2, -0.15) is 0 Å². The van der Waals surface area contributed by atoms with E-state index in [4.69, 9.17) is 0 Å². The number of nitrogens with zero attached hydrogens (tertiary/aromatic N) is 2. The van der Waals surface area contributed by atoms with Gasteiger partial charge in [0.25, 0.3) is 5.56 Å². The van der Waals surface area contributed by atoms with Crippen molar-refractivity contribution in [3.8, 4) is 0 Å². The molecule has 0 fully saturated rings. The zero-order valence-corrected chi connectivity index (χ0v) is 9.05. The summed E-state index contributed by atoms with van der Waals surface area (Å²) in [6, 6.07) is 1.70. The SMILES string of the molecule is CC(C)NCC(O)Cn1cnccc1=O. The molecule has 0 spiro atoms. The summed E-state index contributed by atoms with van der Waals surface area (Å²) in [6.07, 6.45) is 2.30. The quantitative estimate of drug-likeness (QED) is 0.695. The monoisotopic (exact) mass is 211 g/mol. The number of hydrogen-bond donors (Lipinski definition) is 2. The van der Waals surface area contributed by atoms with Crippen LogP contribution in [0.5, 0.6) is 0 Å². The molecule has 0 aliphatic rings. The molecule has 1 unspecified atom stereocenters. The summed E-state index contributed by atoms with van der Waals surface area (Å²) in [5.41, 5.74) is -0.145. The molecule has 1 aromatic rings. The van der Waals surface area contributed by atoms with Crippen molar-refractivity contribution in [1.29, 1.82) is 0 Å². The first-order chi connectivity index (χ1) is 7.09. The molecular formula is C10H17N3O2. The van der Waals surface area contributed by atoms with Gasteiger partial charge in [-0.1, -0.05) is 13.8 Å². The summed E-state index contributed by atoms with van der Waals surface area (Å²) in [7, 11) is 0. The van der Waals surface area contributed by atoms with E-state index in [0.29, 0.717) is 12.6 Å². The smallest absolute Gasteiger partial charge is 0.253 e. The zero-order chi connectivity index (χ0) is 11.3. The number of aliphatic hydroxyl groups is 1. The Morgan fingerprint density at radius 2 is 2.33 bits per heavy atom. The molecule has 0 radical (unpaired) electrons. The van der Waals surface area contributed by atoms with Crippen molar-refractivity contribution in [1.82, 2.24) is 14.9 Å². The number of nitrogens with one attached hydrogen (secondary N) is 1. The Kier molecular flexibility index (Phi) is 4.45. The van der Waals surface area contributed by atoms with Crippen LogP contribution in [0.2, 0.25) is 0 Å². The Morgan fingerprint density at radius 3 is 2.93 bits per heavy atom. The van der Waals surface area contributed by atoms with Crippen LogP contribution in [-0.2, 0) is 6.54 Å². The van der Waals surface area contributed by atoms with E-state index in [1.54, 1.807) is 0 Å². The highest BCUT2D eigenvalue weighted by Gasteiger charge is 2.06. The molecule has 1 aromatic heterocycles. The molecule has 0 aromatic carbocycles. The third-order valence-corrected chi connectivity index (χ3v) is 1.96. The Balaban J connectivity index is 2.48. The van der Waals surface area contributed by atoms with Crippen LogP contribution in [0, 0.1) is 0 Å². The van der Waals surface area contributed by atoms with Crippen LogP contribution >= 0.6 is 0 Å². The van der Waals surface area contributed by atoms with Gasteiger partial charge in [-0.05, 0) is 0 Å². The molecule has 0 saturated carbocycles. The fourth-order valence-electron chi connectivity index (χ4n) is 1.18. The summed E-state index contributed by atoms with van der Waals surface area (Å²) in [4.78, 5) is 15.1. The predicted molar refractivity (Wildman–Crippen MR) is 57.6 cm³/mol. The Hall–Kier alpha value is -1.20. The summed E-state index contributed by atoms with van der Waals surface area (Å²) >= 11 is 0. The van der Waals surface area contributed by atoms with Gasteiger partial charge in [0.15, 0.2) is 0 Å². The van der Waals surface area contributed by atoms with E-state index >= 15 is 0 Å². The van der Waals surface area contributed by atoms with Gasteiger partial charge in [0.2, 0.25) is 0 Å². The fourth-order valence-corrected chi connectivity index (χ4v) is 1.18. The molecule has 0 saturated heterocycles. The molecule has 5 nitrogen and oxygen atoms in total. The molecule has 0 bridgehead atoms. The molecule has 15 heavy (non-hydrogen) atoms. The normalized spacial score (nSPS) is 13.1. The lowest BCUT2D eigenvalue weighted by atomic mass is 10.3. The molecule has 0 aliphatic heterocycles. The van der Waals surface area contributed by atoms with Gasteiger partial charge in [-0.25, -0.2) is 4.98 Å². The van der Waals surface area contributed by atoms with Gasteiger partial charge < -0.3 is 10.4 Å². The highest BCUT2D eigenvalue weighted by atomic mass is 16.3. The van der Waals surface area contributed by atoms with Crippen molar-refractivity contribution in [2.75, 3.05) is 6.54 Å². The van der Waals surface area contributed by atoms with E-state index in [1.165, 1.54) is 23.2 Å². The third-order valence-electron chi connectivity index (χ3n) is 1.96. The van der Waals surface area contributed by atoms with Gasteiger partial charge >= 0.3 is 0 Å². The van der Waals surface area contributed by atoms with Crippen molar-refractivity contribution < 1.29 is 5.11 Å². The molecule has 1 rings (SSSR count). The molecule has 5 heteroatoms. The Labute approximate surface area is 88.8 Å². The van der Waals surface area contributed by atoms with Crippen LogP contribution < -0.4 is 10.9 Å². The van der Waals surface area contributed by atoms with Gasteiger partial charge in [-0.3, -0.25) is 9.36 Å². The average molecular weight is 211 g/mol. The van der Waals surface area contributed by atoms with E-state index in [9.17, 15) is 9.90 Å². The first-order valence-electron chi connectivity index (χ1n) is 5.01. The summed E-state index contributed by atoms with van der Waals surface area (Å²) in [5.74, 6) is 0. The second kappa shape index (κ2) is 5.63. The number of hydrogen-bond acceptors (Lipinski definition) is 4. The van der Waals surface area contributed by atoms with Crippen LogP contribution in [0.4, 0.5) is 0 Å². The average Bonchev–Trinajstić information content (AvgIpc) is 2.18. The molecule has 0 aliphatic carbocycles. The molecule has 2 N–H and O–H groups in total. The van der Waals surface area contributed by atoms with E-state index in [1.807, 2.05) is 13.8 Å². The van der Waals surface area contributed by atoms with Crippen molar-refractivity contribution in [3.05, 3.63) is 28.9 Å². The summed E-state index contributed by atoms with van der Waals surface area (Å²) in [6.45, 7) is 4.75. The number of aromatic nitrogens is 2. The number of aliphatic hydroxyl groups excluding tert-OH is 1. The van der Waals surface area contributed by atoms with Crippen LogP contribution in [0.25, 0.3) is 0 Å². The van der Waals surface area contributed by atoms with Crippen molar-refractivity contribution >= 4 is 0 Å². The number of rotatable bonds is 5. The summed E-state index contributed by atoms with van der Waals surface area (Å²) < 4.78 is 1.40. The highest BCUT2D eigenvalue weighted by molar-refractivity contribution is 4.82. The lowest BCUT2D eigenvalue weighted by Gasteiger charge is -2.14. The second-order valence-corrected chi connectivity index (χ2v) is 3.79. The fraction of sp³-hybridized carbons (Fsp3) is 0.600. The maximum Gasteiger partial charge on any atom is 0.253 e. The van der Waals surface area contributed by atoms with Crippen LogP contribution in [0.3, 0.4) is 0 Å². The van der Waals surface area contributed by atoms with E-state index in [0.717, 1.165) is 0 Å². The maximum absolute atomic E-state index is 11.3. The van der Waals surface area contributed by atoms with E-state index < -0.39 is 6.10 Å². The molecule has 1 heterocycles. The minimum absolute atomic E-state index is 0.145. The molecule has 84 valence electrons. The second-order valence-electron chi connectivity index (χ2n) is 3.79. The van der Waals surface area contributed by atoms with Crippen molar-refractivity contribution in [3.63, 3.8) is 0 Å². The van der Waals surface area contributed by atoms with Gasteiger partial charge in [0.1, 0.15) is 0 Å². The predicted octanol–water partition coefficient (Wildman–Crippen LogP) is -0.398. The van der Waals surface area contributed by atoms with Gasteiger partial charge in [0.05, 0.1) is 19.0 Å². The van der Waals surface area contributed by atoms with Crippen LogP contribution in [0.15, 0.2) is 23.4 Å². The molecule has 0 amide bonds. The zero-order valence-electron chi connectivity index (χ0n) is 9.05. The van der Waals surface area contributed by atoms with Crippen LogP contribution in [0.1, 0.15) is 13.8 Å². The van der Waals surface area contributed by atoms with Gasteiger partial charge in [0, 0.05) is 24.8 Å². The minimum atomic E-state index is -0.575. The Morgan fingerprint density at radius 1 is 1.60 bits per heavy atom. The largest absolute Gasteiger partial charge is 0.390 e. The lowest BCUT2D eigenvalue weighted by molar-refractivity contribution is 0.147. The maximum atomic E-state index is 11.3. The van der Waals surface area contributed by atoms with E-state index in [2.05, 4.69) is 10.3 Å². The minimum Gasteiger partial charge on any atom is -0.390 e.